The zero-order valence-corrected chi connectivity index (χ0v) is 7.16. The highest BCUT2D eigenvalue weighted by Crippen LogP contribution is 2.20. The van der Waals surface area contributed by atoms with Gasteiger partial charge in [0.25, 0.3) is 0 Å². The third-order valence-electron chi connectivity index (χ3n) is 1.97. The maximum atomic E-state index is 11.1. The fourth-order valence-electron chi connectivity index (χ4n) is 1.20. The Morgan fingerprint density at radius 2 is 1.92 bits per heavy atom. The average Bonchev–Trinajstić information content (AvgIpc) is 2.05. The maximum absolute atomic E-state index is 11.1. The van der Waals surface area contributed by atoms with Crippen LogP contribution in [0.25, 0.3) is 0 Å². The van der Waals surface area contributed by atoms with Crippen LogP contribution in [-0.4, -0.2) is 29.5 Å². The lowest BCUT2D eigenvalue weighted by Gasteiger charge is -2.31. The smallest absolute Gasteiger partial charge is 0.249 e. The Morgan fingerprint density at radius 1 is 1.42 bits per heavy atom. The number of hydrogen-bond donors (Lipinski definition) is 0. The lowest BCUT2D eigenvalue weighted by Crippen LogP contribution is -2.58. The van der Waals surface area contributed by atoms with Crippen LogP contribution in [0.15, 0.2) is 0 Å². The minimum atomic E-state index is -0.977. The van der Waals surface area contributed by atoms with Gasteiger partial charge in [-0.25, -0.2) is 0 Å². The van der Waals surface area contributed by atoms with Crippen LogP contribution in [0.3, 0.4) is 0 Å². The molecule has 1 aliphatic heterocycles. The van der Waals surface area contributed by atoms with Gasteiger partial charge in [0, 0.05) is 13.5 Å². The molecule has 0 aromatic heterocycles. The zero-order valence-electron chi connectivity index (χ0n) is 7.16. The molecule has 0 aliphatic carbocycles. The number of imide groups is 1. The van der Waals surface area contributed by atoms with Crippen LogP contribution in [-0.2, 0) is 14.4 Å². The Kier molecular flexibility index (Phi) is 2.26. The molecule has 0 spiro atoms. The zero-order chi connectivity index (χ0) is 9.30. The van der Waals surface area contributed by atoms with Crippen molar-refractivity contribution in [3.63, 3.8) is 0 Å². The van der Waals surface area contributed by atoms with Gasteiger partial charge in [-0.15, -0.1) is 0 Å². The van der Waals surface area contributed by atoms with E-state index in [0.717, 1.165) is 4.90 Å². The van der Waals surface area contributed by atoms with Gasteiger partial charge in [-0.1, -0.05) is 6.92 Å². The Hall–Kier alpha value is -1.19. The number of Topliss-reactive ketones (excluding diaryl/α,β-unsaturated/α-hetero) is 1. The predicted octanol–water partition coefficient (Wildman–Crippen LogP) is -0.0296. The van der Waals surface area contributed by atoms with Crippen molar-refractivity contribution in [2.75, 3.05) is 7.05 Å². The van der Waals surface area contributed by atoms with Gasteiger partial charge in [0.1, 0.15) is 0 Å². The summed E-state index contributed by atoms with van der Waals surface area (Å²) in [5, 5.41) is 0. The minimum Gasteiger partial charge on any atom is -0.298 e. The molecule has 4 heteroatoms. The van der Waals surface area contributed by atoms with E-state index < -0.39 is 5.92 Å². The molecular formula is C8H11NO3. The number of rotatable bonds is 3. The van der Waals surface area contributed by atoms with Crippen molar-refractivity contribution in [2.45, 2.75) is 19.8 Å². The lowest BCUT2D eigenvalue weighted by molar-refractivity contribution is -0.166. The number of nitrogens with zero attached hydrogens (tertiary/aromatic N) is 1. The molecule has 0 atom stereocenters. The SMILES string of the molecule is CCCC(=O)C1C(=O)N(C)C1=O. The molecule has 4 nitrogen and oxygen atoms in total. The first-order chi connectivity index (χ1) is 5.59. The van der Waals surface area contributed by atoms with Gasteiger partial charge in [-0.3, -0.25) is 19.3 Å². The maximum Gasteiger partial charge on any atom is 0.249 e. The first-order valence-corrected chi connectivity index (χ1v) is 3.93. The van der Waals surface area contributed by atoms with E-state index in [-0.39, 0.29) is 17.6 Å². The fraction of sp³-hybridized carbons (Fsp3) is 0.625. The van der Waals surface area contributed by atoms with Crippen LogP contribution < -0.4 is 0 Å². The molecule has 2 amide bonds. The van der Waals surface area contributed by atoms with Crippen LogP contribution in [0.1, 0.15) is 19.8 Å². The molecule has 12 heavy (non-hydrogen) atoms. The number of carbonyl (C=O) groups excluding carboxylic acids is 3. The van der Waals surface area contributed by atoms with Crippen molar-refractivity contribution in [1.29, 1.82) is 0 Å². The molecule has 0 aromatic carbocycles. The highest BCUT2D eigenvalue weighted by molar-refractivity contribution is 6.29. The molecule has 0 saturated carbocycles. The van der Waals surface area contributed by atoms with Crippen molar-refractivity contribution >= 4 is 17.6 Å². The Bertz CT molecular complexity index is 231. The average molecular weight is 169 g/mol. The molecule has 1 saturated heterocycles. The van der Waals surface area contributed by atoms with E-state index in [9.17, 15) is 14.4 Å². The molecular weight excluding hydrogens is 158 g/mol. The van der Waals surface area contributed by atoms with E-state index in [1.54, 1.807) is 0 Å². The second kappa shape index (κ2) is 3.05. The summed E-state index contributed by atoms with van der Waals surface area (Å²) in [4.78, 5) is 34.1. The number of hydrogen-bond acceptors (Lipinski definition) is 3. The van der Waals surface area contributed by atoms with Gasteiger partial charge in [0.15, 0.2) is 11.7 Å². The molecule has 1 rings (SSSR count). The highest BCUT2D eigenvalue weighted by atomic mass is 16.2. The Labute approximate surface area is 70.5 Å². The van der Waals surface area contributed by atoms with Crippen molar-refractivity contribution < 1.29 is 14.4 Å². The van der Waals surface area contributed by atoms with Crippen LogP contribution in [0.5, 0.6) is 0 Å². The predicted molar refractivity (Wildman–Crippen MR) is 41.2 cm³/mol. The van der Waals surface area contributed by atoms with Crippen molar-refractivity contribution in [3.8, 4) is 0 Å². The largest absolute Gasteiger partial charge is 0.298 e. The van der Waals surface area contributed by atoms with E-state index in [1.807, 2.05) is 6.92 Å². The second-order valence-electron chi connectivity index (χ2n) is 2.88. The number of ketones is 1. The third-order valence-corrected chi connectivity index (χ3v) is 1.97. The van der Waals surface area contributed by atoms with Crippen molar-refractivity contribution in [3.05, 3.63) is 0 Å². The number of β-lactam (4-membered cyclic amide) rings is 2. The van der Waals surface area contributed by atoms with Crippen LogP contribution in [0.4, 0.5) is 0 Å². The number of amides is 2. The number of carbonyl (C=O) groups is 3. The van der Waals surface area contributed by atoms with E-state index >= 15 is 0 Å². The Morgan fingerprint density at radius 3 is 2.33 bits per heavy atom. The Balaban J connectivity index is 2.61. The van der Waals surface area contributed by atoms with Crippen LogP contribution in [0, 0.1) is 5.92 Å². The van der Waals surface area contributed by atoms with E-state index in [4.69, 9.17) is 0 Å². The van der Waals surface area contributed by atoms with Crippen molar-refractivity contribution in [2.24, 2.45) is 5.92 Å². The van der Waals surface area contributed by atoms with Crippen LogP contribution >= 0.6 is 0 Å². The molecule has 1 fully saturated rings. The molecule has 0 radical (unpaired) electrons. The molecule has 0 bridgehead atoms. The summed E-state index contributed by atoms with van der Waals surface area (Å²) in [6.45, 7) is 1.84. The van der Waals surface area contributed by atoms with Gasteiger partial charge >= 0.3 is 0 Å². The monoisotopic (exact) mass is 169 g/mol. The summed E-state index contributed by atoms with van der Waals surface area (Å²) in [5.41, 5.74) is 0. The van der Waals surface area contributed by atoms with Crippen molar-refractivity contribution in [1.82, 2.24) is 4.90 Å². The van der Waals surface area contributed by atoms with E-state index in [1.165, 1.54) is 7.05 Å². The van der Waals surface area contributed by atoms with Gasteiger partial charge in [0.05, 0.1) is 0 Å². The summed E-state index contributed by atoms with van der Waals surface area (Å²) in [5.74, 6) is -1.95. The first kappa shape index (κ1) is 8.90. The molecule has 1 heterocycles. The third kappa shape index (κ3) is 1.13. The highest BCUT2D eigenvalue weighted by Gasteiger charge is 2.48. The second-order valence-corrected chi connectivity index (χ2v) is 2.88. The summed E-state index contributed by atoms with van der Waals surface area (Å²) >= 11 is 0. The molecule has 66 valence electrons. The van der Waals surface area contributed by atoms with E-state index in [2.05, 4.69) is 0 Å². The summed E-state index contributed by atoms with van der Waals surface area (Å²) in [7, 11) is 1.39. The molecule has 1 aliphatic rings. The van der Waals surface area contributed by atoms with Gasteiger partial charge in [-0.05, 0) is 6.42 Å². The molecule has 0 N–H and O–H groups in total. The standard InChI is InChI=1S/C8H11NO3/c1-3-4-5(10)6-7(11)9(2)8(6)12/h6H,3-4H2,1-2H3. The van der Waals surface area contributed by atoms with Crippen LogP contribution in [0.2, 0.25) is 0 Å². The quantitative estimate of drug-likeness (QED) is 0.440. The molecule has 0 unspecified atom stereocenters. The molecule has 0 aromatic rings. The van der Waals surface area contributed by atoms with Gasteiger partial charge in [0.2, 0.25) is 11.8 Å². The summed E-state index contributed by atoms with van der Waals surface area (Å²) in [6, 6.07) is 0. The summed E-state index contributed by atoms with van der Waals surface area (Å²) < 4.78 is 0. The minimum absolute atomic E-state index is 0.245. The van der Waals surface area contributed by atoms with Gasteiger partial charge < -0.3 is 0 Å². The fourth-order valence-corrected chi connectivity index (χ4v) is 1.20. The van der Waals surface area contributed by atoms with E-state index in [0.29, 0.717) is 12.8 Å². The number of likely N-dealkylation sites (tertiary alicyclic amines) is 1. The normalized spacial score (nSPS) is 18.0. The topological polar surface area (TPSA) is 54.5 Å². The lowest BCUT2D eigenvalue weighted by atomic mass is 9.91. The van der Waals surface area contributed by atoms with Gasteiger partial charge in [-0.2, -0.15) is 0 Å². The summed E-state index contributed by atoms with van der Waals surface area (Å²) in [6.07, 6.45) is 0.996. The first-order valence-electron chi connectivity index (χ1n) is 3.93.